The topological polar surface area (TPSA) is 26.3 Å². The largest absolute Gasteiger partial charge is 0.425 e. The highest BCUT2D eigenvalue weighted by Crippen LogP contribution is 2.33. The Hall–Kier alpha value is -0.900. The molecule has 0 spiro atoms. The summed E-state index contributed by atoms with van der Waals surface area (Å²) in [6, 6.07) is 3.98. The molecule has 2 nitrogen and oxygen atoms in total. The van der Waals surface area contributed by atoms with E-state index in [9.17, 15) is 9.18 Å². The van der Waals surface area contributed by atoms with Crippen LogP contribution in [0.25, 0.3) is 0 Å². The molecule has 1 saturated carbocycles. The summed E-state index contributed by atoms with van der Waals surface area (Å²) in [5.41, 5.74) is 0. The number of carbonyl (C=O) groups is 1. The summed E-state index contributed by atoms with van der Waals surface area (Å²) in [5.74, 6) is -0.157. The quantitative estimate of drug-likeness (QED) is 0.603. The highest BCUT2D eigenvalue weighted by Gasteiger charge is 2.31. The average molecular weight is 259 g/mol. The molecule has 1 aliphatic carbocycles. The second-order valence-corrected chi connectivity index (χ2v) is 4.12. The Kier molecular flexibility index (Phi) is 2.54. The van der Waals surface area contributed by atoms with Crippen molar-refractivity contribution >= 4 is 21.9 Å². The molecule has 4 heteroatoms. The number of hydrogen-bond donors (Lipinski definition) is 0. The van der Waals surface area contributed by atoms with E-state index >= 15 is 0 Å². The lowest BCUT2D eigenvalue weighted by molar-refractivity contribution is -0.135. The summed E-state index contributed by atoms with van der Waals surface area (Å²) < 4.78 is 18.2. The minimum absolute atomic E-state index is 0.0481. The highest BCUT2D eigenvalue weighted by molar-refractivity contribution is 9.10. The van der Waals surface area contributed by atoms with Gasteiger partial charge in [-0.15, -0.1) is 0 Å². The molecule has 0 unspecified atom stereocenters. The number of hydrogen-bond acceptors (Lipinski definition) is 2. The van der Waals surface area contributed by atoms with Crippen molar-refractivity contribution in [2.24, 2.45) is 5.92 Å². The number of ether oxygens (including phenoxy) is 1. The summed E-state index contributed by atoms with van der Waals surface area (Å²) in [6.45, 7) is 0. The first-order valence-electron chi connectivity index (χ1n) is 4.33. The predicted octanol–water partition coefficient (Wildman–Crippen LogP) is 2.90. The Balaban J connectivity index is 2.11. The van der Waals surface area contributed by atoms with Gasteiger partial charge in [0, 0.05) is 0 Å². The van der Waals surface area contributed by atoms with Crippen molar-refractivity contribution in [2.45, 2.75) is 12.8 Å². The van der Waals surface area contributed by atoms with E-state index in [1.807, 2.05) is 0 Å². The maximum absolute atomic E-state index is 12.7. The van der Waals surface area contributed by atoms with Crippen molar-refractivity contribution in [2.75, 3.05) is 0 Å². The van der Waals surface area contributed by atoms with Gasteiger partial charge in [0.1, 0.15) is 11.6 Å². The van der Waals surface area contributed by atoms with Crippen LogP contribution in [0.2, 0.25) is 0 Å². The van der Waals surface area contributed by atoms with Gasteiger partial charge < -0.3 is 4.74 Å². The van der Waals surface area contributed by atoms with Crippen molar-refractivity contribution in [1.29, 1.82) is 0 Å². The molecule has 0 amide bonds. The van der Waals surface area contributed by atoms with Gasteiger partial charge >= 0.3 is 5.97 Å². The third-order valence-corrected chi connectivity index (χ3v) is 2.63. The molecule has 0 N–H and O–H groups in total. The van der Waals surface area contributed by atoms with Crippen molar-refractivity contribution in [3.8, 4) is 5.75 Å². The molecule has 14 heavy (non-hydrogen) atoms. The second kappa shape index (κ2) is 3.69. The van der Waals surface area contributed by atoms with Gasteiger partial charge in [-0.05, 0) is 47.0 Å². The molecular weight excluding hydrogens is 251 g/mol. The standard InChI is InChI=1S/C10H8BrFO2/c11-8-5-7(12)3-4-9(8)14-10(13)6-1-2-6/h3-6H,1-2H2. The van der Waals surface area contributed by atoms with Crippen LogP contribution in [0.5, 0.6) is 5.75 Å². The SMILES string of the molecule is O=C(Oc1ccc(F)cc1Br)C1CC1. The average Bonchev–Trinajstić information content (AvgIpc) is 2.92. The molecule has 1 aliphatic rings. The summed E-state index contributed by atoms with van der Waals surface area (Å²) in [6.07, 6.45) is 1.80. The van der Waals surface area contributed by atoms with E-state index in [0.29, 0.717) is 10.2 Å². The van der Waals surface area contributed by atoms with Crippen LogP contribution < -0.4 is 4.74 Å². The van der Waals surface area contributed by atoms with E-state index < -0.39 is 0 Å². The first-order chi connectivity index (χ1) is 6.66. The Labute approximate surface area is 89.2 Å². The van der Waals surface area contributed by atoms with Gasteiger partial charge in [0.15, 0.2) is 0 Å². The first kappa shape index (κ1) is 9.65. The predicted molar refractivity (Wildman–Crippen MR) is 52.5 cm³/mol. The fourth-order valence-corrected chi connectivity index (χ4v) is 1.50. The fourth-order valence-electron chi connectivity index (χ4n) is 1.07. The maximum atomic E-state index is 12.7. The van der Waals surface area contributed by atoms with E-state index in [2.05, 4.69) is 15.9 Å². The molecular formula is C10H8BrFO2. The van der Waals surface area contributed by atoms with Crippen molar-refractivity contribution in [3.63, 3.8) is 0 Å². The highest BCUT2D eigenvalue weighted by atomic mass is 79.9. The molecule has 0 aromatic heterocycles. The molecule has 0 saturated heterocycles. The van der Waals surface area contributed by atoms with Crippen LogP contribution in [-0.2, 0) is 4.79 Å². The minimum Gasteiger partial charge on any atom is -0.425 e. The lowest BCUT2D eigenvalue weighted by Gasteiger charge is -2.04. The van der Waals surface area contributed by atoms with Crippen LogP contribution in [0, 0.1) is 11.7 Å². The van der Waals surface area contributed by atoms with Gasteiger partial charge in [0.25, 0.3) is 0 Å². The zero-order chi connectivity index (χ0) is 10.1. The van der Waals surface area contributed by atoms with Gasteiger partial charge in [-0.25, -0.2) is 4.39 Å². The smallest absolute Gasteiger partial charge is 0.314 e. The summed E-state index contributed by atoms with van der Waals surface area (Å²) >= 11 is 3.13. The Morgan fingerprint density at radius 3 is 2.79 bits per heavy atom. The molecule has 1 aromatic rings. The normalized spacial score (nSPS) is 15.3. The second-order valence-electron chi connectivity index (χ2n) is 3.27. The molecule has 74 valence electrons. The van der Waals surface area contributed by atoms with Crippen LogP contribution in [-0.4, -0.2) is 5.97 Å². The van der Waals surface area contributed by atoms with Crippen LogP contribution >= 0.6 is 15.9 Å². The lowest BCUT2D eigenvalue weighted by Crippen LogP contribution is -2.10. The van der Waals surface area contributed by atoms with E-state index in [1.165, 1.54) is 18.2 Å². The lowest BCUT2D eigenvalue weighted by atomic mass is 10.3. The maximum Gasteiger partial charge on any atom is 0.314 e. The fraction of sp³-hybridized carbons (Fsp3) is 0.300. The molecule has 0 atom stereocenters. The van der Waals surface area contributed by atoms with E-state index in [4.69, 9.17) is 4.74 Å². The van der Waals surface area contributed by atoms with Gasteiger partial charge in [0.2, 0.25) is 0 Å². The van der Waals surface area contributed by atoms with E-state index in [-0.39, 0.29) is 17.7 Å². The van der Waals surface area contributed by atoms with Gasteiger partial charge in [-0.3, -0.25) is 4.79 Å². The van der Waals surface area contributed by atoms with Crippen molar-refractivity contribution in [1.82, 2.24) is 0 Å². The summed E-state index contributed by atoms with van der Waals surface area (Å²) in [4.78, 5) is 11.3. The number of benzene rings is 1. The zero-order valence-corrected chi connectivity index (χ0v) is 8.88. The summed E-state index contributed by atoms with van der Waals surface area (Å²) in [5, 5.41) is 0. The van der Waals surface area contributed by atoms with Crippen molar-refractivity contribution in [3.05, 3.63) is 28.5 Å². The van der Waals surface area contributed by atoms with E-state index in [1.54, 1.807) is 0 Å². The minimum atomic E-state index is -0.358. The van der Waals surface area contributed by atoms with Crippen LogP contribution in [0.1, 0.15) is 12.8 Å². The molecule has 0 heterocycles. The van der Waals surface area contributed by atoms with Gasteiger partial charge in [-0.1, -0.05) is 0 Å². The monoisotopic (exact) mass is 258 g/mol. The first-order valence-corrected chi connectivity index (χ1v) is 5.13. The van der Waals surface area contributed by atoms with Crippen LogP contribution in [0.4, 0.5) is 4.39 Å². The molecule has 0 bridgehead atoms. The zero-order valence-electron chi connectivity index (χ0n) is 7.30. The Morgan fingerprint density at radius 1 is 1.50 bits per heavy atom. The van der Waals surface area contributed by atoms with Crippen LogP contribution in [0.15, 0.2) is 22.7 Å². The third kappa shape index (κ3) is 2.12. The summed E-state index contributed by atoms with van der Waals surface area (Å²) in [7, 11) is 0. The Morgan fingerprint density at radius 2 is 2.21 bits per heavy atom. The number of esters is 1. The third-order valence-electron chi connectivity index (χ3n) is 2.02. The molecule has 0 aliphatic heterocycles. The van der Waals surface area contributed by atoms with Crippen LogP contribution in [0.3, 0.4) is 0 Å². The number of rotatable bonds is 2. The van der Waals surface area contributed by atoms with Crippen molar-refractivity contribution < 1.29 is 13.9 Å². The van der Waals surface area contributed by atoms with Gasteiger partial charge in [0.05, 0.1) is 10.4 Å². The Bertz CT molecular complexity index is 374. The molecule has 1 aromatic carbocycles. The molecule has 2 rings (SSSR count). The molecule has 0 radical (unpaired) electrons. The molecule has 1 fully saturated rings. The van der Waals surface area contributed by atoms with E-state index in [0.717, 1.165) is 12.8 Å². The number of carbonyl (C=O) groups excluding carboxylic acids is 1. The van der Waals surface area contributed by atoms with Gasteiger partial charge in [-0.2, -0.15) is 0 Å². The number of halogens is 2.